The highest BCUT2D eigenvalue weighted by atomic mass is 15.0. The highest BCUT2D eigenvalue weighted by Crippen LogP contribution is 2.08. The van der Waals surface area contributed by atoms with Gasteiger partial charge in [-0.25, -0.2) is 0 Å². The molecule has 5 heteroatoms. The number of anilines is 1. The summed E-state index contributed by atoms with van der Waals surface area (Å²) in [5, 5.41) is 16.0. The molecule has 0 unspecified atom stereocenters. The van der Waals surface area contributed by atoms with Gasteiger partial charge in [-0.1, -0.05) is 42.0 Å². The van der Waals surface area contributed by atoms with Gasteiger partial charge in [-0.05, 0) is 76.7 Å². The summed E-state index contributed by atoms with van der Waals surface area (Å²) in [4.78, 5) is 0. The van der Waals surface area contributed by atoms with Crippen molar-refractivity contribution in [2.75, 3.05) is 32.1 Å². The maximum absolute atomic E-state index is 3.27. The Morgan fingerprint density at radius 1 is 0.741 bits per heavy atom. The van der Waals surface area contributed by atoms with E-state index >= 15 is 0 Å². The number of benzene rings is 1. The Labute approximate surface area is 164 Å². The quantitative estimate of drug-likeness (QED) is 0.242. The van der Waals surface area contributed by atoms with Crippen molar-refractivity contribution in [2.24, 2.45) is 0 Å². The van der Waals surface area contributed by atoms with E-state index < -0.39 is 0 Å². The van der Waals surface area contributed by atoms with Gasteiger partial charge in [0.1, 0.15) is 0 Å². The number of allylic oxidation sites excluding steroid dienone is 2. The molecule has 0 radical (unpaired) electrons. The first-order chi connectivity index (χ1) is 13.3. The molecule has 0 aromatic heterocycles. The van der Waals surface area contributed by atoms with Gasteiger partial charge in [0.25, 0.3) is 0 Å². The minimum Gasteiger partial charge on any atom is -0.391 e. The van der Waals surface area contributed by atoms with Crippen LogP contribution in [-0.4, -0.2) is 26.8 Å². The van der Waals surface area contributed by atoms with Crippen LogP contribution in [0, 0.1) is 6.92 Å². The Kier molecular flexibility index (Phi) is 13.9. The Hall–Kier alpha value is -2.66. The van der Waals surface area contributed by atoms with E-state index in [1.807, 2.05) is 31.8 Å². The molecule has 148 valence electrons. The lowest BCUT2D eigenvalue weighted by molar-refractivity contribution is 0.761. The van der Waals surface area contributed by atoms with Crippen molar-refractivity contribution in [3.05, 3.63) is 78.9 Å². The maximum Gasteiger partial charge on any atom is 0.0839 e. The van der Waals surface area contributed by atoms with Gasteiger partial charge in [0.2, 0.25) is 0 Å². The molecular weight excluding hydrogens is 334 g/mol. The molecule has 0 atom stereocenters. The summed E-state index contributed by atoms with van der Waals surface area (Å²) in [5.74, 6) is 0. The first kappa shape index (κ1) is 22.4. The fraction of sp³-hybridized carbons (Fsp3) is 0.364. The normalized spacial score (nSPS) is 11.8. The zero-order chi connectivity index (χ0) is 19.4. The van der Waals surface area contributed by atoms with E-state index in [1.165, 1.54) is 5.56 Å². The highest BCUT2D eigenvalue weighted by molar-refractivity contribution is 5.46. The molecule has 0 heterocycles. The van der Waals surface area contributed by atoms with Crippen molar-refractivity contribution in [1.82, 2.24) is 21.3 Å². The van der Waals surface area contributed by atoms with Crippen LogP contribution in [0.1, 0.15) is 24.8 Å². The first-order valence-electron chi connectivity index (χ1n) is 9.61. The molecule has 0 fully saturated rings. The zero-order valence-corrected chi connectivity index (χ0v) is 16.7. The van der Waals surface area contributed by atoms with Gasteiger partial charge in [0, 0.05) is 12.2 Å². The van der Waals surface area contributed by atoms with E-state index in [0.717, 1.165) is 44.7 Å². The fourth-order valence-corrected chi connectivity index (χ4v) is 2.09. The standard InChI is InChI=1S/C22H35N5/c1-21-10-12-22(13-11-21)27-19-5-3-4-17-25-20-26-18-9-8-16-24-15-7-6-14-23-2/h4-5,7,9-13,15,17-19,23-27H,3,6,8,14,16,20H2,1-2H3. The third-order valence-electron chi connectivity index (χ3n) is 3.62. The van der Waals surface area contributed by atoms with Gasteiger partial charge in [0.05, 0.1) is 6.67 Å². The molecule has 0 saturated heterocycles. The summed E-state index contributed by atoms with van der Waals surface area (Å²) in [6, 6.07) is 8.35. The Morgan fingerprint density at radius 2 is 1.37 bits per heavy atom. The predicted octanol–water partition coefficient (Wildman–Crippen LogP) is 3.58. The average molecular weight is 370 g/mol. The van der Waals surface area contributed by atoms with Crippen LogP contribution in [0.15, 0.2) is 73.4 Å². The SMILES string of the molecule is CNCCC=CNCCC=CNCNC=CCC=CNc1ccc(C)cc1. The van der Waals surface area contributed by atoms with Gasteiger partial charge in [-0.3, -0.25) is 0 Å². The fourth-order valence-electron chi connectivity index (χ4n) is 2.09. The minimum absolute atomic E-state index is 0.718. The third kappa shape index (κ3) is 14.2. The minimum atomic E-state index is 0.718. The van der Waals surface area contributed by atoms with Crippen molar-refractivity contribution in [2.45, 2.75) is 26.2 Å². The second kappa shape index (κ2) is 16.8. The largest absolute Gasteiger partial charge is 0.391 e. The van der Waals surface area contributed by atoms with Crippen LogP contribution in [0.2, 0.25) is 0 Å². The summed E-state index contributed by atoms with van der Waals surface area (Å²) < 4.78 is 0. The summed E-state index contributed by atoms with van der Waals surface area (Å²) in [7, 11) is 1.96. The van der Waals surface area contributed by atoms with Crippen LogP contribution in [0.4, 0.5) is 5.69 Å². The van der Waals surface area contributed by atoms with Crippen LogP contribution in [0.5, 0.6) is 0 Å². The lowest BCUT2D eigenvalue weighted by Gasteiger charge is -2.01. The molecule has 27 heavy (non-hydrogen) atoms. The van der Waals surface area contributed by atoms with Gasteiger partial charge in [-0.2, -0.15) is 0 Å². The van der Waals surface area contributed by atoms with Gasteiger partial charge in [-0.15, -0.1) is 0 Å². The van der Waals surface area contributed by atoms with Crippen LogP contribution in [-0.2, 0) is 0 Å². The predicted molar refractivity (Wildman–Crippen MR) is 118 cm³/mol. The topological polar surface area (TPSA) is 60.1 Å². The van der Waals surface area contributed by atoms with Gasteiger partial charge < -0.3 is 26.6 Å². The molecule has 0 aliphatic rings. The molecule has 0 saturated carbocycles. The van der Waals surface area contributed by atoms with Crippen LogP contribution in [0.25, 0.3) is 0 Å². The van der Waals surface area contributed by atoms with E-state index in [-0.39, 0.29) is 0 Å². The lowest BCUT2D eigenvalue weighted by Crippen LogP contribution is -2.20. The highest BCUT2D eigenvalue weighted by Gasteiger charge is 1.86. The molecule has 1 aromatic carbocycles. The molecule has 0 spiro atoms. The molecular formula is C22H35N5. The van der Waals surface area contributed by atoms with E-state index in [9.17, 15) is 0 Å². The maximum atomic E-state index is 3.27. The summed E-state index contributed by atoms with van der Waals surface area (Å²) >= 11 is 0. The summed E-state index contributed by atoms with van der Waals surface area (Å²) in [6.07, 6.45) is 19.3. The van der Waals surface area contributed by atoms with Crippen molar-refractivity contribution >= 4 is 5.69 Å². The summed E-state index contributed by atoms with van der Waals surface area (Å²) in [6.45, 7) is 4.77. The smallest absolute Gasteiger partial charge is 0.0839 e. The second-order valence-electron chi connectivity index (χ2n) is 6.08. The average Bonchev–Trinajstić information content (AvgIpc) is 2.68. The molecule has 5 N–H and O–H groups in total. The zero-order valence-electron chi connectivity index (χ0n) is 16.7. The van der Waals surface area contributed by atoms with Crippen molar-refractivity contribution in [1.29, 1.82) is 0 Å². The molecule has 1 rings (SSSR count). The van der Waals surface area contributed by atoms with E-state index in [4.69, 9.17) is 0 Å². The number of aryl methyl sites for hydroxylation is 1. The van der Waals surface area contributed by atoms with Gasteiger partial charge >= 0.3 is 0 Å². The second-order valence-corrected chi connectivity index (χ2v) is 6.08. The number of hydrogen-bond donors (Lipinski definition) is 5. The van der Waals surface area contributed by atoms with Crippen molar-refractivity contribution < 1.29 is 0 Å². The van der Waals surface area contributed by atoms with Crippen molar-refractivity contribution in [3.8, 4) is 0 Å². The Bertz CT molecular complexity index is 573. The molecule has 1 aromatic rings. The third-order valence-corrected chi connectivity index (χ3v) is 3.62. The van der Waals surface area contributed by atoms with E-state index in [0.29, 0.717) is 0 Å². The lowest BCUT2D eigenvalue weighted by atomic mass is 10.2. The Balaban J connectivity index is 1.91. The van der Waals surface area contributed by atoms with E-state index in [1.54, 1.807) is 0 Å². The Morgan fingerprint density at radius 3 is 2.11 bits per heavy atom. The number of hydrogen-bond acceptors (Lipinski definition) is 5. The summed E-state index contributed by atoms with van der Waals surface area (Å²) in [5.41, 5.74) is 2.38. The molecule has 0 bridgehead atoms. The molecule has 5 nitrogen and oxygen atoms in total. The van der Waals surface area contributed by atoms with Crippen LogP contribution < -0.4 is 26.6 Å². The number of nitrogens with one attached hydrogen (secondary N) is 5. The number of rotatable bonds is 15. The van der Waals surface area contributed by atoms with Crippen LogP contribution in [0.3, 0.4) is 0 Å². The van der Waals surface area contributed by atoms with Crippen molar-refractivity contribution in [3.63, 3.8) is 0 Å². The van der Waals surface area contributed by atoms with E-state index in [2.05, 4.69) is 82.1 Å². The van der Waals surface area contributed by atoms with Gasteiger partial charge in [0.15, 0.2) is 0 Å². The molecule has 0 aliphatic carbocycles. The van der Waals surface area contributed by atoms with Crippen LogP contribution >= 0.6 is 0 Å². The first-order valence-corrected chi connectivity index (χ1v) is 9.61. The molecule has 0 amide bonds. The molecule has 0 aliphatic heterocycles. The monoisotopic (exact) mass is 369 g/mol.